The predicted octanol–water partition coefficient (Wildman–Crippen LogP) is 0.717. The van der Waals surface area contributed by atoms with Crippen molar-refractivity contribution < 1.29 is 13.6 Å². The molecule has 1 rings (SSSR count). The Morgan fingerprint density at radius 1 is 1.62 bits per heavy atom. The molecule has 1 fully saturated rings. The molecular formula is C8H10F2N2O. The van der Waals surface area contributed by atoms with Crippen molar-refractivity contribution in [2.24, 2.45) is 0 Å². The van der Waals surface area contributed by atoms with Crippen LogP contribution in [-0.2, 0) is 0 Å². The predicted molar refractivity (Wildman–Crippen MR) is 43.3 cm³/mol. The summed E-state index contributed by atoms with van der Waals surface area (Å²) < 4.78 is 24.6. The van der Waals surface area contributed by atoms with Gasteiger partial charge < -0.3 is 10.6 Å². The third kappa shape index (κ3) is 2.90. The summed E-state index contributed by atoms with van der Waals surface area (Å²) in [5.41, 5.74) is 0. The molecule has 3 nitrogen and oxygen atoms in total. The van der Waals surface area contributed by atoms with Crippen LogP contribution in [0.5, 0.6) is 0 Å². The molecule has 13 heavy (non-hydrogen) atoms. The van der Waals surface area contributed by atoms with E-state index in [4.69, 9.17) is 6.42 Å². The van der Waals surface area contributed by atoms with Crippen LogP contribution < -0.4 is 10.6 Å². The molecule has 72 valence electrons. The molecular weight excluding hydrogens is 178 g/mol. The van der Waals surface area contributed by atoms with Gasteiger partial charge in [0.25, 0.3) is 5.92 Å². The summed E-state index contributed by atoms with van der Waals surface area (Å²) in [5.74, 6) is -0.403. The monoisotopic (exact) mass is 188 g/mol. The first kappa shape index (κ1) is 9.78. The van der Waals surface area contributed by atoms with Crippen LogP contribution in [0.25, 0.3) is 0 Å². The molecule has 0 aromatic carbocycles. The first-order valence-electron chi connectivity index (χ1n) is 3.89. The Bertz CT molecular complexity index is 239. The fourth-order valence-corrected chi connectivity index (χ4v) is 1.13. The number of hydrogen-bond acceptors (Lipinski definition) is 1. The van der Waals surface area contributed by atoms with Crippen molar-refractivity contribution in [3.63, 3.8) is 0 Å². The smallest absolute Gasteiger partial charge is 0.315 e. The largest absolute Gasteiger partial charge is 0.335 e. The zero-order valence-electron chi connectivity index (χ0n) is 6.94. The normalized spacial score (nSPS) is 19.8. The molecule has 0 unspecified atom stereocenters. The lowest BCUT2D eigenvalue weighted by Gasteiger charge is -2.35. The van der Waals surface area contributed by atoms with E-state index in [0.717, 1.165) is 0 Å². The summed E-state index contributed by atoms with van der Waals surface area (Å²) in [6.45, 7) is 0.106. The van der Waals surface area contributed by atoms with Crippen LogP contribution in [0.1, 0.15) is 12.8 Å². The van der Waals surface area contributed by atoms with Gasteiger partial charge in [-0.15, -0.1) is 6.42 Å². The number of carbonyl (C=O) groups is 1. The van der Waals surface area contributed by atoms with Crippen LogP contribution in [-0.4, -0.2) is 24.5 Å². The minimum atomic E-state index is -2.61. The molecule has 0 spiro atoms. The van der Waals surface area contributed by atoms with E-state index in [-0.39, 0.29) is 19.4 Å². The van der Waals surface area contributed by atoms with Crippen LogP contribution >= 0.6 is 0 Å². The number of urea groups is 1. The molecule has 1 saturated carbocycles. The summed E-state index contributed by atoms with van der Waals surface area (Å²) in [6, 6.07) is -0.911. The second-order valence-electron chi connectivity index (χ2n) is 2.99. The van der Waals surface area contributed by atoms with E-state index in [1.807, 2.05) is 0 Å². The SMILES string of the molecule is C#CCNC(=O)NC1CC(F)(F)C1. The molecule has 0 aromatic heterocycles. The first-order valence-corrected chi connectivity index (χ1v) is 3.89. The minimum Gasteiger partial charge on any atom is -0.335 e. The Morgan fingerprint density at radius 3 is 2.69 bits per heavy atom. The minimum absolute atomic E-state index is 0.106. The Balaban J connectivity index is 2.14. The van der Waals surface area contributed by atoms with E-state index in [1.54, 1.807) is 0 Å². The maximum atomic E-state index is 12.3. The molecule has 2 N–H and O–H groups in total. The van der Waals surface area contributed by atoms with Gasteiger partial charge in [0, 0.05) is 18.9 Å². The fraction of sp³-hybridized carbons (Fsp3) is 0.625. The number of terminal acetylenes is 1. The van der Waals surface area contributed by atoms with Crippen molar-refractivity contribution in [2.45, 2.75) is 24.8 Å². The van der Waals surface area contributed by atoms with Gasteiger partial charge in [0.15, 0.2) is 0 Å². The maximum Gasteiger partial charge on any atom is 0.315 e. The van der Waals surface area contributed by atoms with Crippen LogP contribution in [0.2, 0.25) is 0 Å². The molecule has 0 bridgehead atoms. The van der Waals surface area contributed by atoms with Crippen molar-refractivity contribution >= 4 is 6.03 Å². The third-order valence-corrected chi connectivity index (χ3v) is 1.78. The van der Waals surface area contributed by atoms with Crippen molar-refractivity contribution in [3.05, 3.63) is 0 Å². The van der Waals surface area contributed by atoms with E-state index in [2.05, 4.69) is 16.6 Å². The van der Waals surface area contributed by atoms with Gasteiger partial charge in [-0.25, -0.2) is 13.6 Å². The highest BCUT2D eigenvalue weighted by molar-refractivity contribution is 5.74. The molecule has 2 amide bonds. The average molecular weight is 188 g/mol. The van der Waals surface area contributed by atoms with E-state index >= 15 is 0 Å². The molecule has 0 atom stereocenters. The Morgan fingerprint density at radius 2 is 2.23 bits per heavy atom. The second kappa shape index (κ2) is 3.60. The standard InChI is InChI=1S/C8H10F2N2O/c1-2-3-11-7(13)12-6-4-8(9,10)5-6/h1,6H,3-5H2,(H2,11,12,13). The van der Waals surface area contributed by atoms with Gasteiger partial charge in [-0.05, 0) is 0 Å². The average Bonchev–Trinajstić information content (AvgIpc) is 1.97. The van der Waals surface area contributed by atoms with Crippen molar-refractivity contribution in [1.29, 1.82) is 0 Å². The third-order valence-electron chi connectivity index (χ3n) is 1.78. The van der Waals surface area contributed by atoms with Crippen LogP contribution in [0.3, 0.4) is 0 Å². The fourth-order valence-electron chi connectivity index (χ4n) is 1.13. The maximum absolute atomic E-state index is 12.3. The lowest BCUT2D eigenvalue weighted by atomic mass is 9.88. The van der Waals surface area contributed by atoms with E-state index < -0.39 is 18.0 Å². The molecule has 0 aliphatic heterocycles. The lowest BCUT2D eigenvalue weighted by molar-refractivity contribution is -0.0896. The quantitative estimate of drug-likeness (QED) is 0.616. The number of rotatable bonds is 2. The summed E-state index contributed by atoms with van der Waals surface area (Å²) in [7, 11) is 0. The molecule has 0 radical (unpaired) electrons. The number of nitrogens with one attached hydrogen (secondary N) is 2. The number of halogens is 2. The molecule has 0 heterocycles. The van der Waals surface area contributed by atoms with E-state index in [1.165, 1.54) is 0 Å². The summed E-state index contributed by atoms with van der Waals surface area (Å²) in [5, 5.41) is 4.71. The number of carbonyl (C=O) groups excluding carboxylic acids is 1. The van der Waals surface area contributed by atoms with Crippen molar-refractivity contribution in [2.75, 3.05) is 6.54 Å². The van der Waals surface area contributed by atoms with Gasteiger partial charge in [0.1, 0.15) is 0 Å². The lowest BCUT2D eigenvalue weighted by Crippen LogP contribution is -2.53. The van der Waals surface area contributed by atoms with Gasteiger partial charge in [-0.3, -0.25) is 0 Å². The zero-order valence-corrected chi connectivity index (χ0v) is 6.94. The van der Waals surface area contributed by atoms with Gasteiger partial charge >= 0.3 is 6.03 Å². The van der Waals surface area contributed by atoms with Crippen LogP contribution in [0.15, 0.2) is 0 Å². The molecule has 0 aromatic rings. The van der Waals surface area contributed by atoms with Crippen molar-refractivity contribution in [3.8, 4) is 12.3 Å². The number of alkyl halides is 2. The van der Waals surface area contributed by atoms with Gasteiger partial charge in [-0.1, -0.05) is 5.92 Å². The Hall–Kier alpha value is -1.31. The highest BCUT2D eigenvalue weighted by Gasteiger charge is 2.45. The van der Waals surface area contributed by atoms with Gasteiger partial charge in [0.2, 0.25) is 0 Å². The number of amides is 2. The first-order chi connectivity index (χ1) is 6.03. The van der Waals surface area contributed by atoms with Crippen LogP contribution in [0, 0.1) is 12.3 Å². The summed E-state index contributed by atoms with van der Waals surface area (Å²) in [6.07, 6.45) is 4.32. The van der Waals surface area contributed by atoms with Crippen molar-refractivity contribution in [1.82, 2.24) is 10.6 Å². The van der Waals surface area contributed by atoms with Gasteiger partial charge in [0.05, 0.1) is 6.54 Å². The molecule has 0 saturated heterocycles. The topological polar surface area (TPSA) is 41.1 Å². The molecule has 5 heteroatoms. The highest BCUT2D eigenvalue weighted by atomic mass is 19.3. The Kier molecular flexibility index (Phi) is 2.71. The molecule has 1 aliphatic rings. The van der Waals surface area contributed by atoms with Crippen LogP contribution in [0.4, 0.5) is 13.6 Å². The number of hydrogen-bond donors (Lipinski definition) is 2. The van der Waals surface area contributed by atoms with E-state index in [9.17, 15) is 13.6 Å². The second-order valence-corrected chi connectivity index (χ2v) is 2.99. The van der Waals surface area contributed by atoms with E-state index in [0.29, 0.717) is 0 Å². The molecule has 1 aliphatic carbocycles. The summed E-state index contributed by atoms with van der Waals surface area (Å²) in [4.78, 5) is 10.9. The summed E-state index contributed by atoms with van der Waals surface area (Å²) >= 11 is 0. The zero-order chi connectivity index (χ0) is 9.90. The Labute approximate surface area is 74.9 Å². The highest BCUT2D eigenvalue weighted by Crippen LogP contribution is 2.37. The van der Waals surface area contributed by atoms with Gasteiger partial charge in [-0.2, -0.15) is 0 Å².